The first-order valence-corrected chi connectivity index (χ1v) is 4.57. The van der Waals surface area contributed by atoms with E-state index >= 15 is 0 Å². The van der Waals surface area contributed by atoms with Crippen LogP contribution in [0.5, 0.6) is 0 Å². The largest absolute Gasteiger partial charge is 0.229 e. The number of rotatable bonds is 0. The molecule has 2 aromatic heterocycles. The maximum absolute atomic E-state index is 8.50. The minimum Gasteiger partial charge on any atom is -0.229 e. The summed E-state index contributed by atoms with van der Waals surface area (Å²) in [6.07, 6.45) is 0. The van der Waals surface area contributed by atoms with Crippen LogP contribution in [0, 0.1) is 18.3 Å². The van der Waals surface area contributed by atoms with Crippen molar-refractivity contribution < 1.29 is 0 Å². The lowest BCUT2D eigenvalue weighted by atomic mass is 10.8. The molecule has 2 aromatic rings. The minimum atomic E-state index is 0.499. The Morgan fingerprint density at radius 3 is 2.64 bits per heavy atom. The molecule has 2 rings (SSSR count). The fraction of sp³-hybridized carbons (Fsp3) is 0.167. The van der Waals surface area contributed by atoms with Gasteiger partial charge in [0.2, 0.25) is 0 Å². The molecule has 0 radical (unpaired) electrons. The summed E-state index contributed by atoms with van der Waals surface area (Å²) in [5.41, 5.74) is 0. The summed E-state index contributed by atoms with van der Waals surface area (Å²) in [5, 5.41) is 10.0. The summed E-state index contributed by atoms with van der Waals surface area (Å²) in [4.78, 5) is 10.0. The van der Waals surface area contributed by atoms with Crippen molar-refractivity contribution in [1.29, 1.82) is 5.26 Å². The molecule has 0 N–H and O–H groups in total. The highest BCUT2D eigenvalue weighted by Gasteiger charge is 2.06. The van der Waals surface area contributed by atoms with E-state index in [2.05, 4.69) is 9.97 Å². The number of nitrogens with zero attached hydrogens (tertiary/aromatic N) is 3. The Labute approximate surface area is 71.0 Å². The zero-order chi connectivity index (χ0) is 7.84. The lowest BCUT2D eigenvalue weighted by Crippen LogP contribution is -1.64. The van der Waals surface area contributed by atoms with Gasteiger partial charge in [-0.15, -0.1) is 0 Å². The highest BCUT2D eigenvalue weighted by Crippen LogP contribution is 2.25. The molecule has 5 heteroatoms. The number of hydrogen-bond donors (Lipinski definition) is 0. The lowest BCUT2D eigenvalue weighted by molar-refractivity contribution is 1.36. The van der Waals surface area contributed by atoms with Crippen LogP contribution in [0.4, 0.5) is 0 Å². The van der Waals surface area contributed by atoms with Crippen LogP contribution in [0.2, 0.25) is 0 Å². The van der Waals surface area contributed by atoms with Gasteiger partial charge in [0.05, 0.1) is 5.01 Å². The summed E-state index contributed by atoms with van der Waals surface area (Å²) in [5.74, 6) is 0. The van der Waals surface area contributed by atoms with E-state index in [1.54, 1.807) is 0 Å². The number of aromatic nitrogens is 2. The van der Waals surface area contributed by atoms with E-state index in [0.29, 0.717) is 5.01 Å². The van der Waals surface area contributed by atoms with Gasteiger partial charge in [0.1, 0.15) is 6.07 Å². The van der Waals surface area contributed by atoms with E-state index in [1.807, 2.05) is 13.0 Å². The molecule has 2 heterocycles. The molecule has 0 aromatic carbocycles. The maximum atomic E-state index is 8.50. The molecular weight excluding hydrogens is 178 g/mol. The monoisotopic (exact) mass is 181 g/mol. The number of nitriles is 1. The van der Waals surface area contributed by atoms with Crippen molar-refractivity contribution in [3.8, 4) is 6.07 Å². The van der Waals surface area contributed by atoms with Gasteiger partial charge < -0.3 is 0 Å². The van der Waals surface area contributed by atoms with E-state index in [0.717, 1.165) is 14.7 Å². The fourth-order valence-electron chi connectivity index (χ4n) is 0.789. The van der Waals surface area contributed by atoms with Crippen LogP contribution in [0.1, 0.15) is 10.0 Å². The SMILES string of the molecule is Cc1nc2sc(C#N)nc2s1. The molecule has 11 heavy (non-hydrogen) atoms. The molecule has 0 aliphatic heterocycles. The van der Waals surface area contributed by atoms with Crippen LogP contribution in [-0.4, -0.2) is 9.97 Å². The molecule has 0 amide bonds. The summed E-state index contributed by atoms with van der Waals surface area (Å²) in [6.45, 7) is 1.94. The lowest BCUT2D eigenvalue weighted by Gasteiger charge is -1.71. The number of fused-ring (bicyclic) bond motifs is 1. The molecule has 0 unspecified atom stereocenters. The summed E-state index contributed by atoms with van der Waals surface area (Å²) in [7, 11) is 0. The number of thiazole rings is 2. The van der Waals surface area contributed by atoms with Gasteiger partial charge in [-0.25, -0.2) is 9.97 Å². The van der Waals surface area contributed by atoms with Crippen molar-refractivity contribution >= 4 is 32.3 Å². The standard InChI is InChI=1S/C6H3N3S2/c1-3-8-5-6(10-3)9-4(2-7)11-5/h1H3. The van der Waals surface area contributed by atoms with Gasteiger partial charge in [-0.3, -0.25) is 0 Å². The second-order valence-corrected chi connectivity index (χ2v) is 4.13. The molecular formula is C6H3N3S2. The second-order valence-electron chi connectivity index (χ2n) is 1.97. The Morgan fingerprint density at radius 1 is 1.27 bits per heavy atom. The average Bonchev–Trinajstić information content (AvgIpc) is 2.43. The third-order valence-corrected chi connectivity index (χ3v) is 3.03. The Balaban J connectivity index is 2.76. The highest BCUT2D eigenvalue weighted by atomic mass is 32.1. The third kappa shape index (κ3) is 1.00. The highest BCUT2D eigenvalue weighted by molar-refractivity contribution is 7.26. The predicted molar refractivity (Wildman–Crippen MR) is 44.7 cm³/mol. The minimum absolute atomic E-state index is 0.499. The maximum Gasteiger partial charge on any atom is 0.197 e. The number of aryl methyl sites for hydroxylation is 1. The molecule has 0 aliphatic carbocycles. The van der Waals surface area contributed by atoms with Crippen molar-refractivity contribution in [3.05, 3.63) is 10.0 Å². The van der Waals surface area contributed by atoms with Gasteiger partial charge in [0, 0.05) is 0 Å². The van der Waals surface area contributed by atoms with E-state index in [1.165, 1.54) is 22.7 Å². The molecule has 54 valence electrons. The van der Waals surface area contributed by atoms with Crippen LogP contribution >= 0.6 is 22.7 Å². The van der Waals surface area contributed by atoms with E-state index in [-0.39, 0.29) is 0 Å². The van der Waals surface area contributed by atoms with Crippen molar-refractivity contribution in [3.63, 3.8) is 0 Å². The predicted octanol–water partition coefficient (Wildman–Crippen LogP) is 1.93. The molecule has 3 nitrogen and oxygen atoms in total. The first-order valence-electron chi connectivity index (χ1n) is 2.93. The summed E-state index contributed by atoms with van der Waals surface area (Å²) >= 11 is 2.87. The van der Waals surface area contributed by atoms with Gasteiger partial charge in [0.25, 0.3) is 0 Å². The normalized spacial score (nSPS) is 10.2. The quantitative estimate of drug-likeness (QED) is 0.624. The molecule has 0 aliphatic rings. The summed E-state index contributed by atoms with van der Waals surface area (Å²) < 4.78 is 0. The molecule has 0 spiro atoms. The van der Waals surface area contributed by atoms with Gasteiger partial charge in [-0.1, -0.05) is 22.7 Å². The number of hydrogen-bond acceptors (Lipinski definition) is 5. The van der Waals surface area contributed by atoms with E-state index in [9.17, 15) is 0 Å². The smallest absolute Gasteiger partial charge is 0.197 e. The Morgan fingerprint density at radius 2 is 2.00 bits per heavy atom. The molecule has 0 atom stereocenters. The third-order valence-electron chi connectivity index (χ3n) is 1.18. The zero-order valence-corrected chi connectivity index (χ0v) is 7.29. The first-order chi connectivity index (χ1) is 5.29. The Hall–Kier alpha value is -0.990. The second kappa shape index (κ2) is 2.26. The van der Waals surface area contributed by atoms with Crippen molar-refractivity contribution in [2.24, 2.45) is 0 Å². The van der Waals surface area contributed by atoms with Gasteiger partial charge >= 0.3 is 0 Å². The molecule has 0 saturated heterocycles. The molecule has 0 bridgehead atoms. The topological polar surface area (TPSA) is 49.6 Å². The van der Waals surface area contributed by atoms with Gasteiger partial charge in [-0.05, 0) is 6.92 Å². The van der Waals surface area contributed by atoms with Crippen LogP contribution in [0.3, 0.4) is 0 Å². The van der Waals surface area contributed by atoms with Crippen LogP contribution in [0.15, 0.2) is 0 Å². The molecule has 0 saturated carbocycles. The van der Waals surface area contributed by atoms with Crippen molar-refractivity contribution in [2.45, 2.75) is 6.92 Å². The van der Waals surface area contributed by atoms with Crippen LogP contribution < -0.4 is 0 Å². The Bertz CT molecular complexity index is 403. The Kier molecular flexibility index (Phi) is 1.37. The van der Waals surface area contributed by atoms with Crippen LogP contribution in [0.25, 0.3) is 9.66 Å². The van der Waals surface area contributed by atoms with Gasteiger partial charge in [-0.2, -0.15) is 5.26 Å². The first kappa shape index (κ1) is 6.70. The van der Waals surface area contributed by atoms with Crippen molar-refractivity contribution in [2.75, 3.05) is 0 Å². The van der Waals surface area contributed by atoms with Crippen molar-refractivity contribution in [1.82, 2.24) is 9.97 Å². The zero-order valence-electron chi connectivity index (χ0n) is 5.66. The van der Waals surface area contributed by atoms with Crippen LogP contribution in [-0.2, 0) is 0 Å². The average molecular weight is 181 g/mol. The summed E-state index contributed by atoms with van der Waals surface area (Å²) in [6, 6.07) is 2.00. The fourth-order valence-corrected chi connectivity index (χ4v) is 2.52. The molecule has 0 fully saturated rings. The van der Waals surface area contributed by atoms with Gasteiger partial charge in [0.15, 0.2) is 14.7 Å². The van der Waals surface area contributed by atoms with E-state index in [4.69, 9.17) is 5.26 Å². The van der Waals surface area contributed by atoms with E-state index < -0.39 is 0 Å².